The lowest BCUT2D eigenvalue weighted by Gasteiger charge is -2.10. The largest absolute Gasteiger partial charge is 0.464 e. The molecule has 9 heteroatoms. The molecule has 0 atom stereocenters. The minimum Gasteiger partial charge on any atom is -0.464 e. The lowest BCUT2D eigenvalue weighted by atomic mass is 10.2. The van der Waals surface area contributed by atoms with Gasteiger partial charge in [0, 0.05) is 5.69 Å². The number of halogens is 4. The fourth-order valence-corrected chi connectivity index (χ4v) is 2.60. The number of hydrogen-bond acceptors (Lipinski definition) is 4. The van der Waals surface area contributed by atoms with E-state index in [0.29, 0.717) is 17.1 Å². The lowest BCUT2D eigenvalue weighted by molar-refractivity contribution is -0.137. The van der Waals surface area contributed by atoms with E-state index in [4.69, 9.17) is 4.74 Å². The number of benzene rings is 2. The molecule has 0 aliphatic heterocycles. The predicted molar refractivity (Wildman–Crippen MR) is 99.7 cm³/mol. The molecule has 2 aromatic carbocycles. The molecule has 1 heterocycles. The van der Waals surface area contributed by atoms with E-state index < -0.39 is 23.5 Å². The van der Waals surface area contributed by atoms with Crippen LogP contribution >= 0.6 is 0 Å². The normalized spacial score (nSPS) is 11.6. The van der Waals surface area contributed by atoms with Crippen molar-refractivity contribution in [1.29, 1.82) is 0 Å². The number of nitrogens with one attached hydrogen (secondary N) is 1. The van der Waals surface area contributed by atoms with Crippen molar-refractivity contribution in [1.82, 2.24) is 4.57 Å². The molecule has 0 fully saturated rings. The summed E-state index contributed by atoms with van der Waals surface area (Å²) in [6.07, 6.45) is -3.03. The van der Waals surface area contributed by atoms with Crippen LogP contribution in [-0.2, 0) is 10.9 Å². The summed E-state index contributed by atoms with van der Waals surface area (Å²) in [4.78, 5) is 12.0. The summed E-state index contributed by atoms with van der Waals surface area (Å²) in [5.41, 5.74) is 3.39. The van der Waals surface area contributed by atoms with Crippen LogP contribution in [0.15, 0.2) is 65.8 Å². The highest BCUT2D eigenvalue weighted by molar-refractivity contribution is 5.91. The number of methoxy groups -OCH3 is 1. The summed E-state index contributed by atoms with van der Waals surface area (Å²) in [5.74, 6) is -1.02. The van der Waals surface area contributed by atoms with Gasteiger partial charge < -0.3 is 9.30 Å². The molecule has 0 unspecified atom stereocenters. The van der Waals surface area contributed by atoms with Crippen LogP contribution in [0.2, 0.25) is 0 Å². The van der Waals surface area contributed by atoms with E-state index in [9.17, 15) is 22.4 Å². The van der Waals surface area contributed by atoms with E-state index >= 15 is 0 Å². The SMILES string of the molecule is COC(=O)c1ccc(/C=N\Nc2ccc(C(F)(F)F)cc2)n1-c1ccc(F)cc1. The average Bonchev–Trinajstić information content (AvgIpc) is 3.11. The van der Waals surface area contributed by atoms with Gasteiger partial charge in [-0.15, -0.1) is 0 Å². The average molecular weight is 405 g/mol. The first-order valence-electron chi connectivity index (χ1n) is 8.32. The second-order valence-electron chi connectivity index (χ2n) is 5.89. The Morgan fingerprint density at radius 1 is 1.03 bits per heavy atom. The molecule has 0 amide bonds. The Morgan fingerprint density at radius 2 is 1.69 bits per heavy atom. The second kappa shape index (κ2) is 8.17. The van der Waals surface area contributed by atoms with Gasteiger partial charge in [-0.1, -0.05) is 0 Å². The Bertz CT molecular complexity index is 1020. The number of esters is 1. The number of hydrogen-bond donors (Lipinski definition) is 1. The molecule has 0 radical (unpaired) electrons. The number of alkyl halides is 3. The van der Waals surface area contributed by atoms with Gasteiger partial charge in [0.1, 0.15) is 11.5 Å². The van der Waals surface area contributed by atoms with Crippen LogP contribution in [0.5, 0.6) is 0 Å². The molecule has 29 heavy (non-hydrogen) atoms. The summed E-state index contributed by atoms with van der Waals surface area (Å²) >= 11 is 0. The zero-order valence-electron chi connectivity index (χ0n) is 15.1. The van der Waals surface area contributed by atoms with E-state index in [0.717, 1.165) is 12.1 Å². The second-order valence-corrected chi connectivity index (χ2v) is 5.89. The maximum absolute atomic E-state index is 13.2. The first kappa shape index (κ1) is 20.1. The van der Waals surface area contributed by atoms with Crippen LogP contribution in [0.3, 0.4) is 0 Å². The highest BCUT2D eigenvalue weighted by atomic mass is 19.4. The highest BCUT2D eigenvalue weighted by Gasteiger charge is 2.29. The minimum absolute atomic E-state index is 0.204. The van der Waals surface area contributed by atoms with Gasteiger partial charge >= 0.3 is 12.1 Å². The standard InChI is InChI=1S/C20H15F4N3O2/c1-29-19(28)18-11-10-17(27(18)16-8-4-14(21)5-9-16)12-25-26-15-6-2-13(3-7-15)20(22,23)24/h2-12,26H,1H3/b25-12-. The Kier molecular flexibility index (Phi) is 5.67. The number of carbonyl (C=O) groups is 1. The predicted octanol–water partition coefficient (Wildman–Crippen LogP) is 4.87. The fraction of sp³-hybridized carbons (Fsp3) is 0.100. The molecule has 3 aromatic rings. The van der Waals surface area contributed by atoms with Gasteiger partial charge in [0.2, 0.25) is 0 Å². The zero-order chi connectivity index (χ0) is 21.0. The van der Waals surface area contributed by atoms with Gasteiger partial charge in [-0.25, -0.2) is 9.18 Å². The number of aromatic nitrogens is 1. The van der Waals surface area contributed by atoms with Crippen LogP contribution < -0.4 is 5.43 Å². The molecule has 3 rings (SSSR count). The third kappa shape index (κ3) is 4.63. The lowest BCUT2D eigenvalue weighted by Crippen LogP contribution is -2.11. The topological polar surface area (TPSA) is 55.6 Å². The van der Waals surface area contributed by atoms with Crippen molar-refractivity contribution >= 4 is 17.9 Å². The van der Waals surface area contributed by atoms with Gasteiger partial charge in [-0.3, -0.25) is 5.43 Å². The molecule has 0 bridgehead atoms. The van der Waals surface area contributed by atoms with Crippen molar-refractivity contribution in [3.63, 3.8) is 0 Å². The molecule has 1 N–H and O–H groups in total. The molecule has 0 saturated carbocycles. The minimum atomic E-state index is -4.41. The third-order valence-electron chi connectivity index (χ3n) is 3.99. The molecular weight excluding hydrogens is 390 g/mol. The van der Waals surface area contributed by atoms with Gasteiger partial charge in [0.25, 0.3) is 0 Å². The molecule has 150 valence electrons. The summed E-state index contributed by atoms with van der Waals surface area (Å²) in [6.45, 7) is 0. The quantitative estimate of drug-likeness (QED) is 0.285. The van der Waals surface area contributed by atoms with Crippen LogP contribution in [0.25, 0.3) is 5.69 Å². The van der Waals surface area contributed by atoms with Crippen LogP contribution in [0.4, 0.5) is 23.2 Å². The first-order chi connectivity index (χ1) is 13.8. The van der Waals surface area contributed by atoms with Gasteiger partial charge in [-0.2, -0.15) is 18.3 Å². The summed E-state index contributed by atoms with van der Waals surface area (Å²) in [7, 11) is 1.24. The Balaban J connectivity index is 1.86. The fourth-order valence-electron chi connectivity index (χ4n) is 2.60. The van der Waals surface area contributed by atoms with Gasteiger partial charge in [0.15, 0.2) is 0 Å². The Morgan fingerprint density at radius 3 is 2.28 bits per heavy atom. The van der Waals surface area contributed by atoms with Crippen molar-refractivity contribution in [3.8, 4) is 5.69 Å². The number of nitrogens with zero attached hydrogens (tertiary/aromatic N) is 2. The number of ether oxygens (including phenoxy) is 1. The van der Waals surface area contributed by atoms with E-state index in [2.05, 4.69) is 10.5 Å². The molecule has 1 aromatic heterocycles. The molecule has 5 nitrogen and oxygen atoms in total. The summed E-state index contributed by atoms with van der Waals surface area (Å²) in [6, 6.07) is 13.0. The van der Waals surface area contributed by atoms with Gasteiger partial charge in [-0.05, 0) is 60.7 Å². The number of rotatable bonds is 5. The van der Waals surface area contributed by atoms with Crippen molar-refractivity contribution in [2.75, 3.05) is 12.5 Å². The monoisotopic (exact) mass is 405 g/mol. The molecule has 0 spiro atoms. The molecule has 0 aliphatic rings. The van der Waals surface area contributed by atoms with E-state index in [1.54, 1.807) is 6.07 Å². The van der Waals surface area contributed by atoms with E-state index in [1.165, 1.54) is 60.4 Å². The Labute approximate surface area is 163 Å². The molecule has 0 saturated heterocycles. The highest BCUT2D eigenvalue weighted by Crippen LogP contribution is 2.29. The Hall–Kier alpha value is -3.62. The van der Waals surface area contributed by atoms with Crippen LogP contribution in [-0.4, -0.2) is 23.9 Å². The van der Waals surface area contributed by atoms with Crippen molar-refractivity contribution < 1.29 is 27.1 Å². The maximum Gasteiger partial charge on any atom is 0.416 e. The van der Waals surface area contributed by atoms with Crippen molar-refractivity contribution in [2.45, 2.75) is 6.18 Å². The van der Waals surface area contributed by atoms with Gasteiger partial charge in [0.05, 0.1) is 30.3 Å². The third-order valence-corrected chi connectivity index (χ3v) is 3.99. The van der Waals surface area contributed by atoms with Crippen LogP contribution in [0, 0.1) is 5.82 Å². The number of hydrazone groups is 1. The molecule has 0 aliphatic carbocycles. The first-order valence-corrected chi connectivity index (χ1v) is 8.32. The van der Waals surface area contributed by atoms with Crippen molar-refractivity contribution in [2.24, 2.45) is 5.10 Å². The van der Waals surface area contributed by atoms with E-state index in [1.807, 2.05) is 0 Å². The maximum atomic E-state index is 13.2. The number of anilines is 1. The molecular formula is C20H15F4N3O2. The summed E-state index contributed by atoms with van der Waals surface area (Å²) < 4.78 is 57.3. The summed E-state index contributed by atoms with van der Waals surface area (Å²) in [5, 5.41) is 4.00. The van der Waals surface area contributed by atoms with Crippen molar-refractivity contribution in [3.05, 3.63) is 83.4 Å². The van der Waals surface area contributed by atoms with Crippen LogP contribution in [0.1, 0.15) is 21.7 Å². The smallest absolute Gasteiger partial charge is 0.416 e. The number of carbonyl (C=O) groups excluding carboxylic acids is 1. The van der Waals surface area contributed by atoms with E-state index in [-0.39, 0.29) is 5.69 Å². The zero-order valence-corrected chi connectivity index (χ0v) is 15.1.